The van der Waals surface area contributed by atoms with Crippen molar-refractivity contribution in [2.45, 2.75) is 17.0 Å². The summed E-state index contributed by atoms with van der Waals surface area (Å²) in [7, 11) is 0. The fraction of sp³-hybridized carbons (Fsp3) is 0.182. The van der Waals surface area contributed by atoms with E-state index in [0.717, 1.165) is 15.7 Å². The fourth-order valence-electron chi connectivity index (χ4n) is 1.44. The molecule has 0 fully saturated rings. The summed E-state index contributed by atoms with van der Waals surface area (Å²) in [5.74, 6) is 0.731. The molecule has 0 bridgehead atoms. The lowest BCUT2D eigenvalue weighted by Gasteiger charge is -2.07. The quantitative estimate of drug-likeness (QED) is 0.298. The minimum atomic E-state index is -0.429. The van der Waals surface area contributed by atoms with Crippen LogP contribution < -0.4 is 5.73 Å². The summed E-state index contributed by atoms with van der Waals surface area (Å²) in [5, 5.41) is 11.6. The molecule has 0 aliphatic rings. The molecule has 19 heavy (non-hydrogen) atoms. The zero-order valence-corrected chi connectivity index (χ0v) is 11.6. The minimum absolute atomic E-state index is 0.108. The van der Waals surface area contributed by atoms with Crippen molar-refractivity contribution in [1.29, 1.82) is 0 Å². The Morgan fingerprint density at radius 1 is 1.58 bits per heavy atom. The lowest BCUT2D eigenvalue weighted by atomic mass is 10.1. The number of amidine groups is 1. The summed E-state index contributed by atoms with van der Waals surface area (Å²) >= 11 is 2.78. The van der Waals surface area contributed by atoms with Crippen LogP contribution in [0.5, 0.6) is 0 Å². The van der Waals surface area contributed by atoms with Gasteiger partial charge in [-0.3, -0.25) is 0 Å². The standard InChI is InChI=1S/C11H11FN4OS2/c1-6-14-11(19-16-6)18-5-7-2-3-8(12)4-9(7)10(13)15-17/h2-4,17H,5H2,1H3,(H2,13,15). The van der Waals surface area contributed by atoms with E-state index in [1.807, 2.05) is 6.92 Å². The summed E-state index contributed by atoms with van der Waals surface area (Å²) in [6, 6.07) is 4.20. The number of oxime groups is 1. The maximum Gasteiger partial charge on any atom is 0.170 e. The van der Waals surface area contributed by atoms with E-state index in [9.17, 15) is 4.39 Å². The normalized spacial score (nSPS) is 11.8. The van der Waals surface area contributed by atoms with Gasteiger partial charge in [0.2, 0.25) is 0 Å². The summed E-state index contributed by atoms with van der Waals surface area (Å²) in [6.45, 7) is 1.82. The van der Waals surface area contributed by atoms with E-state index in [1.54, 1.807) is 6.07 Å². The van der Waals surface area contributed by atoms with Gasteiger partial charge in [-0.05, 0) is 36.2 Å². The molecule has 0 amide bonds. The number of aryl methyl sites for hydroxylation is 1. The number of hydrogen-bond acceptors (Lipinski definition) is 6. The predicted octanol–water partition coefficient (Wildman–Crippen LogP) is 2.37. The van der Waals surface area contributed by atoms with Gasteiger partial charge >= 0.3 is 0 Å². The van der Waals surface area contributed by atoms with Gasteiger partial charge in [0.05, 0.1) is 0 Å². The first kappa shape index (κ1) is 13.8. The van der Waals surface area contributed by atoms with Crippen LogP contribution in [0, 0.1) is 12.7 Å². The average Bonchev–Trinajstić information content (AvgIpc) is 2.82. The fourth-order valence-corrected chi connectivity index (χ4v) is 3.09. The summed E-state index contributed by atoms with van der Waals surface area (Å²) in [5.41, 5.74) is 6.69. The molecular formula is C11H11FN4OS2. The number of thioether (sulfide) groups is 1. The molecular weight excluding hydrogens is 287 g/mol. The van der Waals surface area contributed by atoms with E-state index in [4.69, 9.17) is 10.9 Å². The number of aromatic nitrogens is 2. The van der Waals surface area contributed by atoms with Crippen molar-refractivity contribution in [3.63, 3.8) is 0 Å². The number of benzene rings is 1. The lowest BCUT2D eigenvalue weighted by molar-refractivity contribution is 0.318. The second-order valence-electron chi connectivity index (χ2n) is 3.68. The van der Waals surface area contributed by atoms with Gasteiger partial charge in [-0.1, -0.05) is 23.0 Å². The third-order valence-corrected chi connectivity index (χ3v) is 4.29. The Morgan fingerprint density at radius 2 is 2.37 bits per heavy atom. The second-order valence-corrected chi connectivity index (χ2v) is 5.66. The van der Waals surface area contributed by atoms with Crippen molar-refractivity contribution in [2.24, 2.45) is 10.9 Å². The third kappa shape index (κ3) is 3.42. The Morgan fingerprint density at radius 3 is 3.00 bits per heavy atom. The second kappa shape index (κ2) is 5.98. The monoisotopic (exact) mass is 298 g/mol. The first-order chi connectivity index (χ1) is 9.10. The van der Waals surface area contributed by atoms with Crippen LogP contribution in [0.4, 0.5) is 4.39 Å². The van der Waals surface area contributed by atoms with Crippen LogP contribution >= 0.6 is 23.3 Å². The SMILES string of the molecule is Cc1nsc(SCc2ccc(F)cc2C(N)=NO)n1. The molecule has 2 rings (SSSR count). The zero-order chi connectivity index (χ0) is 13.8. The van der Waals surface area contributed by atoms with Crippen molar-refractivity contribution in [3.05, 3.63) is 41.0 Å². The Balaban J connectivity index is 2.20. The van der Waals surface area contributed by atoms with E-state index in [-0.39, 0.29) is 5.84 Å². The molecule has 0 aliphatic carbocycles. The summed E-state index contributed by atoms with van der Waals surface area (Å²) in [6.07, 6.45) is 0. The number of halogens is 1. The first-order valence-electron chi connectivity index (χ1n) is 5.29. The van der Waals surface area contributed by atoms with Crippen LogP contribution in [0.1, 0.15) is 17.0 Å². The zero-order valence-electron chi connectivity index (χ0n) is 10.00. The molecule has 2 aromatic rings. The van der Waals surface area contributed by atoms with Crippen molar-refractivity contribution < 1.29 is 9.60 Å². The Bertz CT molecular complexity index is 614. The van der Waals surface area contributed by atoms with Crippen LogP contribution in [-0.4, -0.2) is 20.4 Å². The summed E-state index contributed by atoms with van der Waals surface area (Å²) < 4.78 is 18.1. The Hall–Kier alpha value is -1.67. The van der Waals surface area contributed by atoms with Gasteiger partial charge in [-0.15, -0.1) is 0 Å². The molecule has 0 atom stereocenters. The molecule has 0 saturated heterocycles. The Labute approximate surface area is 117 Å². The van der Waals surface area contributed by atoms with E-state index in [0.29, 0.717) is 11.3 Å². The minimum Gasteiger partial charge on any atom is -0.409 e. The average molecular weight is 298 g/mol. The van der Waals surface area contributed by atoms with Gasteiger partial charge in [0.25, 0.3) is 0 Å². The lowest BCUT2D eigenvalue weighted by Crippen LogP contribution is -2.15. The Kier molecular flexibility index (Phi) is 4.33. The molecule has 0 saturated carbocycles. The highest BCUT2D eigenvalue weighted by Crippen LogP contribution is 2.26. The predicted molar refractivity (Wildman–Crippen MR) is 73.1 cm³/mol. The van der Waals surface area contributed by atoms with Crippen LogP contribution in [0.2, 0.25) is 0 Å². The smallest absolute Gasteiger partial charge is 0.170 e. The first-order valence-corrected chi connectivity index (χ1v) is 7.05. The van der Waals surface area contributed by atoms with Crippen LogP contribution in [0.25, 0.3) is 0 Å². The number of rotatable bonds is 4. The molecule has 8 heteroatoms. The summed E-state index contributed by atoms with van der Waals surface area (Å²) in [4.78, 5) is 4.22. The van der Waals surface area contributed by atoms with Gasteiger partial charge in [-0.25, -0.2) is 9.37 Å². The van der Waals surface area contributed by atoms with E-state index in [1.165, 1.54) is 35.4 Å². The van der Waals surface area contributed by atoms with Crippen molar-refractivity contribution >= 4 is 29.1 Å². The van der Waals surface area contributed by atoms with E-state index in [2.05, 4.69) is 14.5 Å². The maximum atomic E-state index is 13.2. The van der Waals surface area contributed by atoms with Gasteiger partial charge < -0.3 is 10.9 Å². The largest absolute Gasteiger partial charge is 0.409 e. The molecule has 5 nitrogen and oxygen atoms in total. The molecule has 0 aliphatic heterocycles. The van der Waals surface area contributed by atoms with Gasteiger partial charge in [0.1, 0.15) is 11.6 Å². The van der Waals surface area contributed by atoms with Crippen LogP contribution in [0.15, 0.2) is 27.7 Å². The molecule has 1 aromatic carbocycles. The maximum absolute atomic E-state index is 13.2. The van der Waals surface area contributed by atoms with Crippen molar-refractivity contribution in [3.8, 4) is 0 Å². The van der Waals surface area contributed by atoms with Crippen LogP contribution in [-0.2, 0) is 5.75 Å². The molecule has 100 valence electrons. The van der Waals surface area contributed by atoms with Gasteiger partial charge in [-0.2, -0.15) is 4.37 Å². The molecule has 1 aromatic heterocycles. The highest BCUT2D eigenvalue weighted by Gasteiger charge is 2.10. The third-order valence-electron chi connectivity index (χ3n) is 2.32. The van der Waals surface area contributed by atoms with Gasteiger partial charge in [0, 0.05) is 11.3 Å². The van der Waals surface area contributed by atoms with E-state index >= 15 is 0 Å². The molecule has 0 spiro atoms. The van der Waals surface area contributed by atoms with Crippen molar-refractivity contribution in [2.75, 3.05) is 0 Å². The molecule has 0 radical (unpaired) electrons. The van der Waals surface area contributed by atoms with Crippen molar-refractivity contribution in [1.82, 2.24) is 9.36 Å². The molecule has 0 unspecified atom stereocenters. The highest BCUT2D eigenvalue weighted by atomic mass is 32.2. The topological polar surface area (TPSA) is 84.4 Å². The van der Waals surface area contributed by atoms with E-state index < -0.39 is 5.82 Å². The van der Waals surface area contributed by atoms with Gasteiger partial charge in [0.15, 0.2) is 10.2 Å². The number of nitrogens with zero attached hydrogens (tertiary/aromatic N) is 3. The van der Waals surface area contributed by atoms with Crippen LogP contribution in [0.3, 0.4) is 0 Å². The molecule has 1 heterocycles. The highest BCUT2D eigenvalue weighted by molar-refractivity contribution is 8.00. The molecule has 3 N–H and O–H groups in total. The number of hydrogen-bond donors (Lipinski definition) is 2. The number of nitrogens with two attached hydrogens (primary N) is 1.